The minimum Gasteiger partial charge on any atom is -0.351 e. The molecule has 8 heteroatoms. The van der Waals surface area contributed by atoms with Crippen molar-refractivity contribution in [2.24, 2.45) is 0 Å². The van der Waals surface area contributed by atoms with Crippen molar-refractivity contribution in [2.75, 3.05) is 0 Å². The molecular formula is C17H23N3O4S. The highest BCUT2D eigenvalue weighted by molar-refractivity contribution is 7.90. The number of amides is 1. The van der Waals surface area contributed by atoms with E-state index in [0.717, 1.165) is 5.56 Å². The Kier molecular flexibility index (Phi) is 5.62. The second-order valence-electron chi connectivity index (χ2n) is 6.97. The molecule has 0 saturated carbocycles. The highest BCUT2D eigenvalue weighted by atomic mass is 32.2. The average Bonchev–Trinajstić information content (AvgIpc) is 2.90. The molecule has 1 N–H and O–H groups in total. The third kappa shape index (κ3) is 5.97. The number of carbonyl (C=O) groups excluding carboxylic acids is 1. The first kappa shape index (κ1) is 19.1. The molecule has 0 fully saturated rings. The van der Waals surface area contributed by atoms with Crippen LogP contribution in [0.2, 0.25) is 0 Å². The van der Waals surface area contributed by atoms with Gasteiger partial charge in [-0.3, -0.25) is 4.79 Å². The van der Waals surface area contributed by atoms with Gasteiger partial charge in [-0.25, -0.2) is 8.42 Å². The molecule has 1 heterocycles. The average molecular weight is 365 g/mol. The molecule has 0 spiro atoms. The van der Waals surface area contributed by atoms with Crippen LogP contribution < -0.4 is 5.32 Å². The lowest BCUT2D eigenvalue weighted by molar-refractivity contribution is -0.122. The van der Waals surface area contributed by atoms with Crippen LogP contribution in [-0.4, -0.2) is 30.0 Å². The monoisotopic (exact) mass is 365 g/mol. The highest BCUT2D eigenvalue weighted by Gasteiger charge is 2.20. The minimum absolute atomic E-state index is 0.0896. The summed E-state index contributed by atoms with van der Waals surface area (Å²) in [5.41, 5.74) is 0.675. The zero-order valence-electron chi connectivity index (χ0n) is 14.9. The summed E-state index contributed by atoms with van der Waals surface area (Å²) >= 11 is 0. The molecule has 0 atom stereocenters. The molecule has 1 amide bonds. The maximum atomic E-state index is 12.4. The van der Waals surface area contributed by atoms with Gasteiger partial charge in [-0.05, 0) is 39.8 Å². The largest absolute Gasteiger partial charge is 0.351 e. The Balaban J connectivity index is 1.97. The predicted molar refractivity (Wildman–Crippen MR) is 92.6 cm³/mol. The number of aromatic nitrogens is 2. The van der Waals surface area contributed by atoms with Crippen molar-refractivity contribution < 1.29 is 17.7 Å². The van der Waals surface area contributed by atoms with Gasteiger partial charge in [-0.2, -0.15) is 4.98 Å². The molecule has 0 saturated heterocycles. The highest BCUT2D eigenvalue weighted by Crippen LogP contribution is 2.16. The van der Waals surface area contributed by atoms with Gasteiger partial charge in [0.2, 0.25) is 11.8 Å². The van der Waals surface area contributed by atoms with Crippen LogP contribution in [0.4, 0.5) is 0 Å². The van der Waals surface area contributed by atoms with Crippen LogP contribution in [-0.2, 0) is 26.8 Å². The van der Waals surface area contributed by atoms with Crippen LogP contribution >= 0.6 is 0 Å². The van der Waals surface area contributed by atoms with Gasteiger partial charge in [-0.15, -0.1) is 0 Å². The second-order valence-corrected chi connectivity index (χ2v) is 8.96. The third-order valence-corrected chi connectivity index (χ3v) is 4.92. The summed E-state index contributed by atoms with van der Waals surface area (Å²) in [4.78, 5) is 16.1. The van der Waals surface area contributed by atoms with Crippen molar-refractivity contribution in [3.05, 3.63) is 41.5 Å². The van der Waals surface area contributed by atoms with E-state index in [1.54, 1.807) is 24.3 Å². The summed E-state index contributed by atoms with van der Waals surface area (Å²) in [6.07, 6.45) is 0.461. The lowest BCUT2D eigenvalue weighted by Gasteiger charge is -2.20. The minimum atomic E-state index is -3.54. The smallest absolute Gasteiger partial charge is 0.227 e. The van der Waals surface area contributed by atoms with Gasteiger partial charge < -0.3 is 9.84 Å². The van der Waals surface area contributed by atoms with Gasteiger partial charge >= 0.3 is 0 Å². The fraction of sp³-hybridized carbons (Fsp3) is 0.471. The van der Waals surface area contributed by atoms with Crippen LogP contribution in [0, 0.1) is 6.92 Å². The number of hydrogen-bond acceptors (Lipinski definition) is 6. The lowest BCUT2D eigenvalue weighted by atomic mass is 10.1. The van der Waals surface area contributed by atoms with Gasteiger partial charge in [0.25, 0.3) is 0 Å². The summed E-state index contributed by atoms with van der Waals surface area (Å²) in [6, 6.07) is 6.59. The van der Waals surface area contributed by atoms with Crippen molar-refractivity contribution in [3.8, 4) is 0 Å². The molecule has 0 aliphatic carbocycles. The fourth-order valence-corrected chi connectivity index (χ4v) is 3.33. The van der Waals surface area contributed by atoms with Crippen LogP contribution in [0.3, 0.4) is 0 Å². The molecule has 0 radical (unpaired) electrons. The second kappa shape index (κ2) is 7.35. The number of nitrogens with one attached hydrogen (secondary N) is 1. The first-order chi connectivity index (χ1) is 11.5. The Morgan fingerprint density at radius 2 is 1.84 bits per heavy atom. The summed E-state index contributed by atoms with van der Waals surface area (Å²) in [7, 11) is -3.54. The van der Waals surface area contributed by atoms with Crippen LogP contribution in [0.1, 0.15) is 44.5 Å². The molecule has 1 aromatic carbocycles. The summed E-state index contributed by atoms with van der Waals surface area (Å²) in [5.74, 6) is -0.127. The van der Waals surface area contributed by atoms with Gasteiger partial charge in [0.1, 0.15) is 5.75 Å². The van der Waals surface area contributed by atoms with E-state index < -0.39 is 9.84 Å². The quantitative estimate of drug-likeness (QED) is 0.842. The molecule has 7 nitrogen and oxygen atoms in total. The van der Waals surface area contributed by atoms with Crippen molar-refractivity contribution in [1.82, 2.24) is 15.5 Å². The number of sulfone groups is 1. The molecule has 1 aromatic heterocycles. The molecule has 2 aromatic rings. The number of aryl methyl sites for hydroxylation is 2. The fourth-order valence-electron chi connectivity index (χ4n) is 2.15. The summed E-state index contributed by atoms with van der Waals surface area (Å²) in [5, 5.41) is 6.54. The number of carbonyl (C=O) groups is 1. The number of nitrogens with zero attached hydrogens (tertiary/aromatic N) is 2. The van der Waals surface area contributed by atoms with E-state index in [-0.39, 0.29) is 46.7 Å². The first-order valence-corrected chi connectivity index (χ1v) is 9.62. The Morgan fingerprint density at radius 1 is 1.20 bits per heavy atom. The molecule has 2 rings (SSSR count). The van der Waals surface area contributed by atoms with Crippen molar-refractivity contribution in [3.63, 3.8) is 0 Å². The molecule has 0 unspecified atom stereocenters. The SMILES string of the molecule is Cc1ccc(S(=O)(=O)Cc2noc(CCC(=O)NC(C)(C)C)n2)cc1. The normalized spacial score (nSPS) is 12.2. The van der Waals surface area contributed by atoms with Gasteiger partial charge in [0.05, 0.1) is 4.90 Å². The van der Waals surface area contributed by atoms with E-state index >= 15 is 0 Å². The van der Waals surface area contributed by atoms with Crippen LogP contribution in [0.25, 0.3) is 0 Å². The predicted octanol–water partition coefficient (Wildman–Crippen LogP) is 2.20. The molecule has 0 bridgehead atoms. The van der Waals surface area contributed by atoms with E-state index in [2.05, 4.69) is 15.5 Å². The van der Waals surface area contributed by atoms with Crippen molar-refractivity contribution in [2.45, 2.75) is 56.7 Å². The zero-order chi connectivity index (χ0) is 18.7. The van der Waals surface area contributed by atoms with Crippen molar-refractivity contribution in [1.29, 1.82) is 0 Å². The Bertz CT molecular complexity index is 834. The number of hydrogen-bond donors (Lipinski definition) is 1. The Hall–Kier alpha value is -2.22. The molecular weight excluding hydrogens is 342 g/mol. The number of rotatable bonds is 6. The van der Waals surface area contributed by atoms with E-state index in [9.17, 15) is 13.2 Å². The molecule has 0 aliphatic rings. The maximum absolute atomic E-state index is 12.4. The van der Waals surface area contributed by atoms with Gasteiger partial charge in [0, 0.05) is 18.4 Å². The van der Waals surface area contributed by atoms with Crippen LogP contribution in [0.15, 0.2) is 33.7 Å². The molecule has 0 aliphatic heterocycles. The van der Waals surface area contributed by atoms with Gasteiger partial charge in [0.15, 0.2) is 15.7 Å². The van der Waals surface area contributed by atoms with E-state index in [1.165, 1.54) is 0 Å². The van der Waals surface area contributed by atoms with E-state index in [4.69, 9.17) is 4.52 Å². The standard InChI is InChI=1S/C17H23N3O4S/c1-12-5-7-13(8-6-12)25(22,23)11-14-18-16(24-20-14)10-9-15(21)19-17(2,3)4/h5-8H,9-11H2,1-4H3,(H,19,21). The third-order valence-electron chi connectivity index (χ3n) is 3.29. The topological polar surface area (TPSA) is 102 Å². The van der Waals surface area contributed by atoms with E-state index in [1.807, 2.05) is 27.7 Å². The first-order valence-electron chi connectivity index (χ1n) is 7.97. The van der Waals surface area contributed by atoms with E-state index in [0.29, 0.717) is 0 Å². The summed E-state index contributed by atoms with van der Waals surface area (Å²) < 4.78 is 29.8. The zero-order valence-corrected chi connectivity index (χ0v) is 15.7. The number of benzene rings is 1. The van der Waals surface area contributed by atoms with Gasteiger partial charge in [-0.1, -0.05) is 22.9 Å². The van der Waals surface area contributed by atoms with Crippen LogP contribution in [0.5, 0.6) is 0 Å². The summed E-state index contributed by atoms with van der Waals surface area (Å²) in [6.45, 7) is 7.57. The lowest BCUT2D eigenvalue weighted by Crippen LogP contribution is -2.40. The molecule has 25 heavy (non-hydrogen) atoms. The molecule has 136 valence electrons. The van der Waals surface area contributed by atoms with Crippen molar-refractivity contribution >= 4 is 15.7 Å². The maximum Gasteiger partial charge on any atom is 0.227 e. The Labute approximate surface area is 147 Å². The Morgan fingerprint density at radius 3 is 2.44 bits per heavy atom.